The summed E-state index contributed by atoms with van der Waals surface area (Å²) in [7, 11) is -3.78. The van der Waals surface area contributed by atoms with Crippen LogP contribution in [0.2, 0.25) is 0 Å². The highest BCUT2D eigenvalue weighted by Gasteiger charge is 2.63. The maximum Gasteiger partial charge on any atom is 0.280 e. The quantitative estimate of drug-likeness (QED) is 0.378. The first kappa shape index (κ1) is 25.5. The topological polar surface area (TPSA) is 164 Å². The SMILES string of the molecule is CC(C)C(=O)Nc1nc2c(ncn2[C@@H]2O[C@@]3(COS(C)(=O)=O)CO[C@@H]2[C@@H]3OCc2ccccc2)c(=O)[nH]1. The molecular weight excluding hydrogens is 506 g/mol. The second kappa shape index (κ2) is 9.61. The number of nitrogens with zero attached hydrogens (tertiary/aromatic N) is 3. The normalized spacial score (nSPS) is 25.2. The third-order valence-electron chi connectivity index (χ3n) is 6.24. The highest BCUT2D eigenvalue weighted by atomic mass is 32.2. The number of nitrogens with one attached hydrogen (secondary N) is 2. The van der Waals surface area contributed by atoms with Gasteiger partial charge in [-0.15, -0.1) is 0 Å². The molecule has 37 heavy (non-hydrogen) atoms. The summed E-state index contributed by atoms with van der Waals surface area (Å²) in [6.07, 6.45) is 0.105. The molecule has 1 aromatic carbocycles. The van der Waals surface area contributed by atoms with Gasteiger partial charge in [-0.25, -0.2) is 4.98 Å². The number of carbonyl (C=O) groups excluding carboxylic acids is 1. The fourth-order valence-corrected chi connectivity index (χ4v) is 4.78. The van der Waals surface area contributed by atoms with Crippen molar-refractivity contribution in [2.75, 3.05) is 24.8 Å². The van der Waals surface area contributed by atoms with Gasteiger partial charge >= 0.3 is 0 Å². The Morgan fingerprint density at radius 1 is 1.32 bits per heavy atom. The van der Waals surface area contributed by atoms with Crippen molar-refractivity contribution in [3.8, 4) is 0 Å². The van der Waals surface area contributed by atoms with E-state index in [1.807, 2.05) is 30.3 Å². The van der Waals surface area contributed by atoms with Crippen molar-refractivity contribution in [2.45, 2.75) is 44.5 Å². The molecule has 198 valence electrons. The highest BCUT2D eigenvalue weighted by Crippen LogP contribution is 2.47. The van der Waals surface area contributed by atoms with E-state index in [-0.39, 0.29) is 48.8 Å². The third kappa shape index (κ3) is 5.02. The first-order chi connectivity index (χ1) is 17.6. The number of hydrogen-bond acceptors (Lipinski definition) is 10. The van der Waals surface area contributed by atoms with Crippen LogP contribution in [0, 0.1) is 5.92 Å². The lowest BCUT2D eigenvalue weighted by molar-refractivity contribution is -0.183. The van der Waals surface area contributed by atoms with Crippen LogP contribution in [0.3, 0.4) is 0 Å². The van der Waals surface area contributed by atoms with E-state index in [1.54, 1.807) is 13.8 Å². The van der Waals surface area contributed by atoms with Crippen molar-refractivity contribution in [3.63, 3.8) is 0 Å². The molecule has 0 unspecified atom stereocenters. The van der Waals surface area contributed by atoms with Gasteiger partial charge in [-0.05, 0) is 5.56 Å². The lowest BCUT2D eigenvalue weighted by Gasteiger charge is -2.31. The summed E-state index contributed by atoms with van der Waals surface area (Å²) in [5, 5.41) is 2.58. The lowest BCUT2D eigenvalue weighted by Crippen LogP contribution is -2.46. The number of amides is 1. The van der Waals surface area contributed by atoms with Gasteiger partial charge < -0.3 is 14.2 Å². The number of imidazole rings is 1. The van der Waals surface area contributed by atoms with Gasteiger partial charge in [0.05, 0.1) is 25.8 Å². The molecule has 1 amide bonds. The molecule has 0 aliphatic carbocycles. The van der Waals surface area contributed by atoms with Gasteiger partial charge in [0.2, 0.25) is 11.9 Å². The molecule has 13 nitrogen and oxygen atoms in total. The highest BCUT2D eigenvalue weighted by molar-refractivity contribution is 7.85. The summed E-state index contributed by atoms with van der Waals surface area (Å²) in [4.78, 5) is 35.8. The second-order valence-corrected chi connectivity index (χ2v) is 11.1. The molecule has 3 aromatic rings. The molecule has 0 spiro atoms. The minimum absolute atomic E-state index is 0.0333. The third-order valence-corrected chi connectivity index (χ3v) is 6.78. The molecule has 0 saturated carbocycles. The molecule has 2 aliphatic rings. The maximum atomic E-state index is 12.6. The van der Waals surface area contributed by atoms with Crippen LogP contribution in [0.1, 0.15) is 25.6 Å². The first-order valence-corrected chi connectivity index (χ1v) is 13.4. The monoisotopic (exact) mass is 533 g/mol. The molecule has 2 N–H and O–H groups in total. The molecule has 4 atom stereocenters. The van der Waals surface area contributed by atoms with Gasteiger partial charge in [-0.3, -0.25) is 28.6 Å². The van der Waals surface area contributed by atoms with Crippen molar-refractivity contribution in [1.29, 1.82) is 0 Å². The van der Waals surface area contributed by atoms with Crippen LogP contribution in [-0.4, -0.2) is 71.1 Å². The Hall–Kier alpha value is -3.17. The molecule has 2 aliphatic heterocycles. The van der Waals surface area contributed by atoms with Crippen LogP contribution in [0.25, 0.3) is 11.2 Å². The molecule has 5 rings (SSSR count). The number of ether oxygens (including phenoxy) is 3. The summed E-state index contributed by atoms with van der Waals surface area (Å²) < 4.78 is 48.8. The number of carbonyl (C=O) groups is 1. The van der Waals surface area contributed by atoms with Crippen LogP contribution in [0.5, 0.6) is 0 Å². The Morgan fingerprint density at radius 2 is 2.08 bits per heavy atom. The van der Waals surface area contributed by atoms with E-state index >= 15 is 0 Å². The largest absolute Gasteiger partial charge is 0.367 e. The van der Waals surface area contributed by atoms with E-state index in [1.165, 1.54) is 10.9 Å². The van der Waals surface area contributed by atoms with E-state index in [0.717, 1.165) is 11.8 Å². The zero-order valence-corrected chi connectivity index (χ0v) is 21.2. The molecule has 0 radical (unpaired) electrons. The van der Waals surface area contributed by atoms with E-state index in [4.69, 9.17) is 18.4 Å². The van der Waals surface area contributed by atoms with E-state index < -0.39 is 39.7 Å². The first-order valence-electron chi connectivity index (χ1n) is 11.6. The van der Waals surface area contributed by atoms with Crippen molar-refractivity contribution in [2.24, 2.45) is 5.92 Å². The Labute approximate surface area is 212 Å². The van der Waals surface area contributed by atoms with Gasteiger partial charge in [-0.1, -0.05) is 44.2 Å². The lowest BCUT2D eigenvalue weighted by atomic mass is 10.00. The maximum absolute atomic E-state index is 12.6. The Kier molecular flexibility index (Phi) is 6.62. The van der Waals surface area contributed by atoms with Gasteiger partial charge in [0.15, 0.2) is 17.4 Å². The fraction of sp³-hybridized carbons (Fsp3) is 0.478. The van der Waals surface area contributed by atoms with Gasteiger partial charge in [0, 0.05) is 5.92 Å². The number of fused-ring (bicyclic) bond motifs is 3. The number of H-pyrrole nitrogens is 1. The van der Waals surface area contributed by atoms with Gasteiger partial charge in [0.25, 0.3) is 15.7 Å². The second-order valence-electron chi connectivity index (χ2n) is 9.41. The fourth-order valence-electron chi connectivity index (χ4n) is 4.37. The predicted octanol–water partition coefficient (Wildman–Crippen LogP) is 0.942. The Morgan fingerprint density at radius 3 is 2.78 bits per heavy atom. The minimum Gasteiger partial charge on any atom is -0.367 e. The van der Waals surface area contributed by atoms with E-state index in [2.05, 4.69) is 20.3 Å². The average Bonchev–Trinajstić information content (AvgIpc) is 3.51. The van der Waals surface area contributed by atoms with Crippen molar-refractivity contribution >= 4 is 33.1 Å². The van der Waals surface area contributed by atoms with Crippen molar-refractivity contribution < 1.29 is 31.6 Å². The number of aromatic nitrogens is 4. The molecule has 14 heteroatoms. The zero-order valence-electron chi connectivity index (χ0n) is 20.4. The van der Waals surface area contributed by atoms with Gasteiger partial charge in [0.1, 0.15) is 24.4 Å². The molecule has 2 saturated heterocycles. The average molecular weight is 534 g/mol. The number of aromatic amines is 1. The molecular formula is C23H27N5O8S. The summed E-state index contributed by atoms with van der Waals surface area (Å²) in [6.45, 7) is 3.37. The van der Waals surface area contributed by atoms with Crippen LogP contribution in [-0.2, 0) is 39.9 Å². The molecule has 2 bridgehead atoms. The number of hydrogen-bond donors (Lipinski definition) is 2. The molecule has 4 heterocycles. The van der Waals surface area contributed by atoms with Crippen LogP contribution in [0.4, 0.5) is 5.95 Å². The summed E-state index contributed by atoms with van der Waals surface area (Å²) >= 11 is 0. The van der Waals surface area contributed by atoms with Crippen LogP contribution < -0.4 is 10.9 Å². The predicted molar refractivity (Wildman–Crippen MR) is 130 cm³/mol. The Balaban J connectivity index is 1.48. The number of benzene rings is 1. The summed E-state index contributed by atoms with van der Waals surface area (Å²) in [6, 6.07) is 9.47. The molecule has 2 aromatic heterocycles. The van der Waals surface area contributed by atoms with Crippen LogP contribution >= 0.6 is 0 Å². The minimum atomic E-state index is -3.78. The standard InChI is InChI=1S/C23H27N5O8S/c1-13(2)19(29)26-22-25-18-15(20(30)27-22)24-12-28(18)21-16-17(33-9-14-7-5-4-6-8-14)23(36-21,10-34-16)11-35-37(3,31)32/h4-8,12-13,16-17,21H,9-11H2,1-3H3,(H2,25,26,27,29,30)/t16-,17+,21-,23-/m1/s1. The van der Waals surface area contributed by atoms with Crippen molar-refractivity contribution in [1.82, 2.24) is 19.5 Å². The number of rotatable bonds is 9. The van der Waals surface area contributed by atoms with Crippen LogP contribution in [0.15, 0.2) is 41.5 Å². The van der Waals surface area contributed by atoms with Gasteiger partial charge in [-0.2, -0.15) is 13.4 Å². The van der Waals surface area contributed by atoms with E-state index in [9.17, 15) is 18.0 Å². The molecule has 2 fully saturated rings. The Bertz CT molecular complexity index is 1470. The summed E-state index contributed by atoms with van der Waals surface area (Å²) in [5.41, 5.74) is -0.670. The van der Waals surface area contributed by atoms with E-state index in [0.29, 0.717) is 0 Å². The smallest absolute Gasteiger partial charge is 0.280 e. The van der Waals surface area contributed by atoms with Crippen molar-refractivity contribution in [3.05, 3.63) is 52.6 Å². The zero-order chi connectivity index (χ0) is 26.4. The number of anilines is 1. The summed E-state index contributed by atoms with van der Waals surface area (Å²) in [5.74, 6) is -0.682.